The number of phenols is 1. The molecule has 0 spiro atoms. The van der Waals surface area contributed by atoms with Crippen LogP contribution >= 0.6 is 0 Å². The average molecular weight is 238 g/mol. The molecule has 3 rings (SSSR count). The minimum absolute atomic E-state index is 0.298. The highest BCUT2D eigenvalue weighted by molar-refractivity contribution is 5.71. The summed E-state index contributed by atoms with van der Waals surface area (Å²) in [5.41, 5.74) is 5.23. The average Bonchev–Trinajstić information content (AvgIpc) is 2.66. The van der Waals surface area contributed by atoms with Crippen LogP contribution in [-0.4, -0.2) is 5.11 Å². The van der Waals surface area contributed by atoms with Gasteiger partial charge in [0.2, 0.25) is 0 Å². The van der Waals surface area contributed by atoms with Crippen LogP contribution in [0, 0.1) is 0 Å². The van der Waals surface area contributed by atoms with E-state index in [4.69, 9.17) is 0 Å². The van der Waals surface area contributed by atoms with Crippen LogP contribution in [0.3, 0.4) is 0 Å². The standard InChI is InChI=1S/C17H18O/c1-17(2)10-9-13-11-12(7-8-15(13)17)14-5-3-4-6-16(14)18/h3-8,11,18H,9-10H2,1-2H3. The number of hydrogen-bond donors (Lipinski definition) is 1. The summed E-state index contributed by atoms with van der Waals surface area (Å²) in [5.74, 6) is 0.356. The predicted molar refractivity (Wildman–Crippen MR) is 74.9 cm³/mol. The van der Waals surface area contributed by atoms with Gasteiger partial charge in [0.25, 0.3) is 0 Å². The normalized spacial score (nSPS) is 16.6. The molecule has 92 valence electrons. The molecule has 1 aliphatic carbocycles. The Morgan fingerprint density at radius 2 is 1.83 bits per heavy atom. The van der Waals surface area contributed by atoms with Gasteiger partial charge < -0.3 is 5.11 Å². The van der Waals surface area contributed by atoms with E-state index in [2.05, 4.69) is 32.0 Å². The fourth-order valence-electron chi connectivity index (χ4n) is 2.93. The van der Waals surface area contributed by atoms with E-state index in [0.717, 1.165) is 17.5 Å². The summed E-state index contributed by atoms with van der Waals surface area (Å²) in [4.78, 5) is 0. The molecule has 0 radical (unpaired) electrons. The number of para-hydroxylation sites is 1. The van der Waals surface area contributed by atoms with E-state index in [-0.39, 0.29) is 0 Å². The summed E-state index contributed by atoms with van der Waals surface area (Å²) in [7, 11) is 0. The molecule has 0 atom stereocenters. The first-order chi connectivity index (χ1) is 8.58. The number of benzene rings is 2. The zero-order valence-corrected chi connectivity index (χ0v) is 10.9. The zero-order valence-electron chi connectivity index (χ0n) is 10.9. The summed E-state index contributed by atoms with van der Waals surface area (Å²) in [6, 6.07) is 14.1. The Labute approximate surface area is 108 Å². The third-order valence-electron chi connectivity index (χ3n) is 4.07. The van der Waals surface area contributed by atoms with Gasteiger partial charge in [-0.05, 0) is 41.0 Å². The second kappa shape index (κ2) is 3.88. The van der Waals surface area contributed by atoms with Crippen LogP contribution < -0.4 is 0 Å². The first-order valence-corrected chi connectivity index (χ1v) is 6.50. The topological polar surface area (TPSA) is 20.2 Å². The highest BCUT2D eigenvalue weighted by Gasteiger charge is 2.29. The van der Waals surface area contributed by atoms with Crippen LogP contribution in [0.2, 0.25) is 0 Å². The van der Waals surface area contributed by atoms with Crippen LogP contribution in [0.1, 0.15) is 31.4 Å². The van der Waals surface area contributed by atoms with Crippen LogP contribution in [0.15, 0.2) is 42.5 Å². The predicted octanol–water partition coefficient (Wildman–Crippen LogP) is 4.28. The maximum atomic E-state index is 9.92. The number of aromatic hydroxyl groups is 1. The number of rotatable bonds is 1. The van der Waals surface area contributed by atoms with Gasteiger partial charge in [-0.25, -0.2) is 0 Å². The van der Waals surface area contributed by atoms with E-state index in [1.54, 1.807) is 6.07 Å². The smallest absolute Gasteiger partial charge is 0.123 e. The second-order valence-corrected chi connectivity index (χ2v) is 5.77. The van der Waals surface area contributed by atoms with Gasteiger partial charge in [0.05, 0.1) is 0 Å². The lowest BCUT2D eigenvalue weighted by Gasteiger charge is -2.19. The summed E-state index contributed by atoms with van der Waals surface area (Å²) in [6.45, 7) is 4.61. The maximum absolute atomic E-state index is 9.92. The lowest BCUT2D eigenvalue weighted by molar-refractivity contribution is 0.477. The molecule has 0 fully saturated rings. The van der Waals surface area contributed by atoms with Gasteiger partial charge in [0.15, 0.2) is 0 Å². The van der Waals surface area contributed by atoms with Crippen molar-refractivity contribution in [2.24, 2.45) is 0 Å². The summed E-state index contributed by atoms with van der Waals surface area (Å²) >= 11 is 0. The van der Waals surface area contributed by atoms with Crippen molar-refractivity contribution in [2.75, 3.05) is 0 Å². The van der Waals surface area contributed by atoms with E-state index in [1.807, 2.05) is 18.2 Å². The third kappa shape index (κ3) is 1.71. The Morgan fingerprint density at radius 1 is 1.06 bits per heavy atom. The van der Waals surface area contributed by atoms with Crippen molar-refractivity contribution in [1.29, 1.82) is 0 Å². The SMILES string of the molecule is CC1(C)CCc2cc(-c3ccccc3O)ccc21. The minimum Gasteiger partial charge on any atom is -0.507 e. The number of fused-ring (bicyclic) bond motifs is 1. The molecule has 1 aliphatic rings. The van der Waals surface area contributed by atoms with E-state index in [9.17, 15) is 5.11 Å². The fourth-order valence-corrected chi connectivity index (χ4v) is 2.93. The van der Waals surface area contributed by atoms with E-state index in [0.29, 0.717) is 11.2 Å². The van der Waals surface area contributed by atoms with Gasteiger partial charge in [-0.3, -0.25) is 0 Å². The molecule has 0 aliphatic heterocycles. The summed E-state index contributed by atoms with van der Waals surface area (Å²) in [5, 5.41) is 9.92. The van der Waals surface area contributed by atoms with Crippen molar-refractivity contribution in [3.05, 3.63) is 53.6 Å². The largest absolute Gasteiger partial charge is 0.507 e. The second-order valence-electron chi connectivity index (χ2n) is 5.77. The Hall–Kier alpha value is -1.76. The highest BCUT2D eigenvalue weighted by Crippen LogP contribution is 2.40. The molecule has 2 aromatic carbocycles. The molecule has 1 heteroatoms. The lowest BCUT2D eigenvalue weighted by atomic mass is 9.86. The molecule has 2 aromatic rings. The number of aryl methyl sites for hydroxylation is 1. The minimum atomic E-state index is 0.298. The van der Waals surface area contributed by atoms with Gasteiger partial charge in [-0.2, -0.15) is 0 Å². The Balaban J connectivity index is 2.10. The zero-order chi connectivity index (χ0) is 12.8. The van der Waals surface area contributed by atoms with Gasteiger partial charge in [-0.15, -0.1) is 0 Å². The molecule has 0 aromatic heterocycles. The summed E-state index contributed by atoms with van der Waals surface area (Å²) < 4.78 is 0. The third-order valence-corrected chi connectivity index (χ3v) is 4.07. The molecule has 0 heterocycles. The molecule has 0 saturated heterocycles. The molecule has 0 amide bonds. The molecule has 1 N–H and O–H groups in total. The molecular weight excluding hydrogens is 220 g/mol. The first-order valence-electron chi connectivity index (χ1n) is 6.50. The van der Waals surface area contributed by atoms with Crippen LogP contribution in [-0.2, 0) is 11.8 Å². The first kappa shape index (κ1) is 11.3. The van der Waals surface area contributed by atoms with E-state index in [1.165, 1.54) is 17.5 Å². The van der Waals surface area contributed by atoms with Crippen molar-refractivity contribution in [3.8, 4) is 16.9 Å². The van der Waals surface area contributed by atoms with E-state index < -0.39 is 0 Å². The van der Waals surface area contributed by atoms with Crippen molar-refractivity contribution in [2.45, 2.75) is 32.1 Å². The van der Waals surface area contributed by atoms with E-state index >= 15 is 0 Å². The fraction of sp³-hybridized carbons (Fsp3) is 0.294. The van der Waals surface area contributed by atoms with Crippen LogP contribution in [0.4, 0.5) is 0 Å². The Kier molecular flexibility index (Phi) is 2.44. The Morgan fingerprint density at radius 3 is 2.61 bits per heavy atom. The van der Waals surface area contributed by atoms with Gasteiger partial charge >= 0.3 is 0 Å². The van der Waals surface area contributed by atoms with Crippen molar-refractivity contribution >= 4 is 0 Å². The molecule has 0 bridgehead atoms. The molecule has 1 nitrogen and oxygen atoms in total. The molecule has 18 heavy (non-hydrogen) atoms. The molecule has 0 unspecified atom stereocenters. The van der Waals surface area contributed by atoms with Crippen LogP contribution in [0.25, 0.3) is 11.1 Å². The van der Waals surface area contributed by atoms with Crippen molar-refractivity contribution in [3.63, 3.8) is 0 Å². The van der Waals surface area contributed by atoms with Crippen molar-refractivity contribution < 1.29 is 5.11 Å². The monoisotopic (exact) mass is 238 g/mol. The van der Waals surface area contributed by atoms with Gasteiger partial charge in [0, 0.05) is 5.56 Å². The maximum Gasteiger partial charge on any atom is 0.123 e. The van der Waals surface area contributed by atoms with Gasteiger partial charge in [-0.1, -0.05) is 50.2 Å². The summed E-state index contributed by atoms with van der Waals surface area (Å²) in [6.07, 6.45) is 2.36. The van der Waals surface area contributed by atoms with Crippen LogP contribution in [0.5, 0.6) is 5.75 Å². The van der Waals surface area contributed by atoms with Crippen molar-refractivity contribution in [1.82, 2.24) is 0 Å². The number of phenolic OH excluding ortho intramolecular Hbond substituents is 1. The lowest BCUT2D eigenvalue weighted by Crippen LogP contribution is -2.11. The quantitative estimate of drug-likeness (QED) is 0.786. The van der Waals surface area contributed by atoms with Gasteiger partial charge in [0.1, 0.15) is 5.75 Å². The molecule has 0 saturated carbocycles. The molecular formula is C17H18O. The highest BCUT2D eigenvalue weighted by atomic mass is 16.3. The number of hydrogen-bond acceptors (Lipinski definition) is 1. The Bertz CT molecular complexity index is 596.